The van der Waals surface area contributed by atoms with Crippen LogP contribution in [0.5, 0.6) is 11.5 Å². The van der Waals surface area contributed by atoms with Gasteiger partial charge in [0.25, 0.3) is 0 Å². The van der Waals surface area contributed by atoms with Crippen molar-refractivity contribution in [1.82, 2.24) is 0 Å². The molecule has 2 aliphatic rings. The van der Waals surface area contributed by atoms with Crippen LogP contribution in [0.4, 0.5) is 11.4 Å². The molecule has 38 heavy (non-hydrogen) atoms. The molecule has 1 N–H and O–H groups in total. The molecule has 0 bridgehead atoms. The van der Waals surface area contributed by atoms with Crippen molar-refractivity contribution in [2.75, 3.05) is 5.32 Å². The second-order valence-corrected chi connectivity index (χ2v) is 10.2. The summed E-state index contributed by atoms with van der Waals surface area (Å²) in [5, 5.41) is 3.60. The summed E-state index contributed by atoms with van der Waals surface area (Å²) in [5.74, 6) is 1.06. The standard InChI is InChI=1S/C34H33NO3/c1-2-3-4-5-6-7-13-24-20-22-25(23-21-24)35-29-17-12-14-26-32(29)34(38-33(26)36)27-15-8-10-18-30(27)37-31-19-11-9-16-28(31)34/h8-12,14-23,35H,2-7,13H2,1H3. The fourth-order valence-electron chi connectivity index (χ4n) is 5.81. The Kier molecular flexibility index (Phi) is 6.63. The molecule has 0 aliphatic carbocycles. The number of para-hydroxylation sites is 2. The first-order valence-corrected chi connectivity index (χ1v) is 13.8. The molecule has 0 saturated carbocycles. The lowest BCUT2D eigenvalue weighted by atomic mass is 9.77. The van der Waals surface area contributed by atoms with E-state index in [0.717, 1.165) is 34.5 Å². The lowest BCUT2D eigenvalue weighted by Gasteiger charge is -2.37. The second kappa shape index (κ2) is 10.4. The van der Waals surface area contributed by atoms with Gasteiger partial charge in [0, 0.05) is 28.1 Å². The summed E-state index contributed by atoms with van der Waals surface area (Å²) in [5.41, 5.74) is 5.15. The number of benzene rings is 4. The van der Waals surface area contributed by atoms with Gasteiger partial charge in [-0.2, -0.15) is 0 Å². The molecule has 2 aliphatic heterocycles. The molecule has 6 rings (SSSR count). The normalized spacial score (nSPS) is 14.3. The van der Waals surface area contributed by atoms with Crippen molar-refractivity contribution < 1.29 is 14.3 Å². The number of hydrogen-bond donors (Lipinski definition) is 1. The first-order chi connectivity index (χ1) is 18.7. The van der Waals surface area contributed by atoms with Gasteiger partial charge in [0.05, 0.1) is 5.56 Å². The lowest BCUT2D eigenvalue weighted by molar-refractivity contribution is 0.0226. The van der Waals surface area contributed by atoms with Gasteiger partial charge in [-0.25, -0.2) is 4.79 Å². The fraction of sp³-hybridized carbons (Fsp3) is 0.265. The third-order valence-electron chi connectivity index (χ3n) is 7.69. The highest BCUT2D eigenvalue weighted by Gasteiger charge is 2.54. The number of anilines is 2. The van der Waals surface area contributed by atoms with Gasteiger partial charge in [0.15, 0.2) is 5.60 Å². The Morgan fingerprint density at radius 1 is 0.711 bits per heavy atom. The van der Waals surface area contributed by atoms with Gasteiger partial charge in [-0.05, 0) is 54.8 Å². The van der Waals surface area contributed by atoms with Crippen LogP contribution in [0.25, 0.3) is 0 Å². The number of fused-ring (bicyclic) bond motifs is 6. The Morgan fingerprint density at radius 2 is 1.37 bits per heavy atom. The largest absolute Gasteiger partial charge is 0.456 e. The maximum atomic E-state index is 13.3. The van der Waals surface area contributed by atoms with E-state index in [1.54, 1.807) is 0 Å². The highest BCUT2D eigenvalue weighted by molar-refractivity contribution is 5.99. The van der Waals surface area contributed by atoms with E-state index in [9.17, 15) is 4.79 Å². The predicted octanol–water partition coefficient (Wildman–Crippen LogP) is 8.90. The van der Waals surface area contributed by atoms with Crippen LogP contribution in [-0.4, -0.2) is 5.97 Å². The Balaban J connectivity index is 1.33. The van der Waals surface area contributed by atoms with Gasteiger partial charge in [-0.1, -0.05) is 93.6 Å². The molecule has 2 heterocycles. The molecule has 4 nitrogen and oxygen atoms in total. The fourth-order valence-corrected chi connectivity index (χ4v) is 5.81. The van der Waals surface area contributed by atoms with Gasteiger partial charge >= 0.3 is 5.97 Å². The molecule has 4 heteroatoms. The van der Waals surface area contributed by atoms with Crippen molar-refractivity contribution in [2.45, 2.75) is 57.5 Å². The molecule has 4 aromatic rings. The van der Waals surface area contributed by atoms with Crippen LogP contribution >= 0.6 is 0 Å². The molecule has 0 radical (unpaired) electrons. The molecule has 192 valence electrons. The summed E-state index contributed by atoms with van der Waals surface area (Å²) >= 11 is 0. The number of hydrogen-bond acceptors (Lipinski definition) is 4. The summed E-state index contributed by atoms with van der Waals surface area (Å²) < 4.78 is 12.6. The number of carbonyl (C=O) groups excluding carboxylic acids is 1. The molecule has 0 unspecified atom stereocenters. The molecule has 0 atom stereocenters. The average molecular weight is 504 g/mol. The maximum absolute atomic E-state index is 13.3. The van der Waals surface area contributed by atoms with E-state index in [1.165, 1.54) is 44.1 Å². The van der Waals surface area contributed by atoms with Crippen LogP contribution in [0.15, 0.2) is 91.0 Å². The Labute approximate surface area is 224 Å². The van der Waals surface area contributed by atoms with Crippen LogP contribution in [-0.2, 0) is 16.8 Å². The summed E-state index contributed by atoms with van der Waals surface area (Å²) in [7, 11) is 0. The SMILES string of the molecule is CCCCCCCCc1ccc(Nc2cccc3c2C2(OC3=O)c3ccccc3Oc3ccccc32)cc1. The van der Waals surface area contributed by atoms with E-state index < -0.39 is 5.60 Å². The number of carbonyl (C=O) groups is 1. The van der Waals surface area contributed by atoms with Gasteiger partial charge in [0.1, 0.15) is 11.5 Å². The molecular weight excluding hydrogens is 470 g/mol. The van der Waals surface area contributed by atoms with Crippen molar-refractivity contribution in [2.24, 2.45) is 0 Å². The number of nitrogens with one attached hydrogen (secondary N) is 1. The van der Waals surface area contributed by atoms with Gasteiger partial charge in [-0.3, -0.25) is 0 Å². The van der Waals surface area contributed by atoms with Crippen molar-refractivity contribution in [1.29, 1.82) is 0 Å². The monoisotopic (exact) mass is 503 g/mol. The summed E-state index contributed by atoms with van der Waals surface area (Å²) in [6, 6.07) is 30.1. The van der Waals surface area contributed by atoms with Crippen molar-refractivity contribution in [3.05, 3.63) is 119 Å². The lowest BCUT2D eigenvalue weighted by Crippen LogP contribution is -2.33. The third-order valence-corrected chi connectivity index (χ3v) is 7.69. The number of aryl methyl sites for hydroxylation is 1. The van der Waals surface area contributed by atoms with Gasteiger partial charge in [0.2, 0.25) is 0 Å². The first kappa shape index (κ1) is 24.3. The zero-order valence-corrected chi connectivity index (χ0v) is 21.8. The number of ether oxygens (including phenoxy) is 2. The van der Waals surface area contributed by atoms with E-state index in [2.05, 4.69) is 36.5 Å². The maximum Gasteiger partial charge on any atom is 0.340 e. The quantitative estimate of drug-likeness (QED) is 0.183. The molecule has 4 aromatic carbocycles. The highest BCUT2D eigenvalue weighted by atomic mass is 16.6. The van der Waals surface area contributed by atoms with E-state index in [0.29, 0.717) is 17.1 Å². The number of rotatable bonds is 9. The Bertz CT molecular complexity index is 1410. The van der Waals surface area contributed by atoms with E-state index in [-0.39, 0.29) is 5.97 Å². The van der Waals surface area contributed by atoms with Crippen molar-refractivity contribution >= 4 is 17.3 Å². The number of unbranched alkanes of at least 4 members (excludes halogenated alkanes) is 5. The minimum Gasteiger partial charge on any atom is -0.456 e. The zero-order chi connectivity index (χ0) is 26.0. The summed E-state index contributed by atoms with van der Waals surface area (Å²) in [6.07, 6.45) is 8.91. The van der Waals surface area contributed by atoms with E-state index in [1.807, 2.05) is 66.7 Å². The smallest absolute Gasteiger partial charge is 0.340 e. The van der Waals surface area contributed by atoms with Crippen molar-refractivity contribution in [3.63, 3.8) is 0 Å². The second-order valence-electron chi connectivity index (χ2n) is 10.2. The Morgan fingerprint density at radius 3 is 2.08 bits per heavy atom. The van der Waals surface area contributed by atoms with Crippen LogP contribution in [0.1, 0.15) is 78.1 Å². The van der Waals surface area contributed by atoms with Crippen LogP contribution in [0, 0.1) is 0 Å². The third kappa shape index (κ3) is 4.24. The molecule has 0 saturated heterocycles. The first-order valence-electron chi connectivity index (χ1n) is 13.8. The highest BCUT2D eigenvalue weighted by Crippen LogP contribution is 2.57. The minimum absolute atomic E-state index is 0.329. The van der Waals surface area contributed by atoms with Crippen LogP contribution in [0.3, 0.4) is 0 Å². The zero-order valence-electron chi connectivity index (χ0n) is 21.8. The molecular formula is C34H33NO3. The Hall–Kier alpha value is -4.05. The predicted molar refractivity (Wildman–Crippen MR) is 152 cm³/mol. The molecule has 0 fully saturated rings. The van der Waals surface area contributed by atoms with E-state index in [4.69, 9.17) is 9.47 Å². The minimum atomic E-state index is -1.08. The van der Waals surface area contributed by atoms with Crippen LogP contribution in [0.2, 0.25) is 0 Å². The van der Waals surface area contributed by atoms with E-state index >= 15 is 0 Å². The molecule has 0 aromatic heterocycles. The molecule has 1 spiro atoms. The number of esters is 1. The summed E-state index contributed by atoms with van der Waals surface area (Å²) in [4.78, 5) is 13.3. The van der Waals surface area contributed by atoms with Crippen LogP contribution < -0.4 is 10.1 Å². The van der Waals surface area contributed by atoms with Gasteiger partial charge in [-0.15, -0.1) is 0 Å². The topological polar surface area (TPSA) is 47.6 Å². The molecule has 0 amide bonds. The summed E-state index contributed by atoms with van der Waals surface area (Å²) in [6.45, 7) is 2.26. The van der Waals surface area contributed by atoms with Crippen molar-refractivity contribution in [3.8, 4) is 11.5 Å². The van der Waals surface area contributed by atoms with Gasteiger partial charge < -0.3 is 14.8 Å². The average Bonchev–Trinajstić information content (AvgIpc) is 3.25.